The Bertz CT molecular complexity index is 441. The number of hydrogen-bond donors (Lipinski definition) is 1. The van der Waals surface area contributed by atoms with Crippen molar-refractivity contribution in [1.82, 2.24) is 4.98 Å². The van der Waals surface area contributed by atoms with Crippen molar-refractivity contribution in [1.29, 1.82) is 0 Å². The molecule has 2 rings (SSSR count). The number of pyridine rings is 1. The lowest BCUT2D eigenvalue weighted by Crippen LogP contribution is -2.53. The first-order valence-corrected chi connectivity index (χ1v) is 7.86. The number of nitrogens with two attached hydrogens (primary N) is 1. The monoisotopic (exact) mass is 274 g/mol. The first-order chi connectivity index (χ1) is 9.13. The van der Waals surface area contributed by atoms with E-state index in [1.54, 1.807) is 0 Å². The Balaban J connectivity index is 2.17. The fourth-order valence-electron chi connectivity index (χ4n) is 4.64. The molecule has 0 radical (unpaired) electrons. The lowest BCUT2D eigenvalue weighted by atomic mass is 9.58. The minimum Gasteiger partial charge on any atom is -0.325 e. The quantitative estimate of drug-likeness (QED) is 0.900. The maximum absolute atomic E-state index is 6.77. The fourth-order valence-corrected chi connectivity index (χ4v) is 4.64. The van der Waals surface area contributed by atoms with E-state index in [0.717, 1.165) is 31.4 Å². The Labute approximate surface area is 124 Å². The van der Waals surface area contributed by atoms with E-state index in [0.29, 0.717) is 10.8 Å². The third kappa shape index (κ3) is 3.82. The van der Waals surface area contributed by atoms with Gasteiger partial charge in [0.15, 0.2) is 0 Å². The molecule has 0 aromatic carbocycles. The predicted molar refractivity (Wildman–Crippen MR) is 85.7 cm³/mol. The van der Waals surface area contributed by atoms with Crippen LogP contribution in [0.3, 0.4) is 0 Å². The Morgan fingerprint density at radius 2 is 1.65 bits per heavy atom. The molecule has 0 saturated heterocycles. The summed E-state index contributed by atoms with van der Waals surface area (Å²) in [6.45, 7) is 11.6. The Hall–Kier alpha value is -0.890. The molecule has 2 nitrogen and oxygen atoms in total. The summed E-state index contributed by atoms with van der Waals surface area (Å²) in [4.78, 5) is 4.60. The fraction of sp³-hybridized carbons (Fsp3) is 0.722. The maximum Gasteiger partial charge on any atom is 0.0422 e. The van der Waals surface area contributed by atoms with Gasteiger partial charge in [-0.15, -0.1) is 0 Å². The summed E-state index contributed by atoms with van der Waals surface area (Å²) in [6, 6.07) is 4.34. The second-order valence-electron chi connectivity index (χ2n) is 8.41. The van der Waals surface area contributed by atoms with Crippen molar-refractivity contribution in [2.24, 2.45) is 16.6 Å². The summed E-state index contributed by atoms with van der Waals surface area (Å²) in [5.74, 6) is 0. The summed E-state index contributed by atoms with van der Waals surface area (Å²) in [5, 5.41) is 0. The summed E-state index contributed by atoms with van der Waals surface area (Å²) in [6.07, 6.45) is 7.35. The summed E-state index contributed by atoms with van der Waals surface area (Å²) < 4.78 is 0. The van der Waals surface area contributed by atoms with Crippen LogP contribution < -0.4 is 5.73 Å². The predicted octanol–water partition coefficient (Wildman–Crippen LogP) is 4.12. The Morgan fingerprint density at radius 3 is 2.10 bits per heavy atom. The minimum atomic E-state index is -0.119. The SMILES string of the molecule is CCc1ccc(CC2(N)CC(C)(C)CC(C)(C)C2)nc1. The van der Waals surface area contributed by atoms with Crippen molar-refractivity contribution in [3.8, 4) is 0 Å². The smallest absolute Gasteiger partial charge is 0.0422 e. The standard InChI is InChI=1S/C18H30N2/c1-6-14-7-8-15(20-10-14)9-18(19)12-16(2,3)11-17(4,5)13-18/h7-8,10H,6,9,11-13,19H2,1-5H3. The highest BCUT2D eigenvalue weighted by atomic mass is 14.8. The zero-order valence-electron chi connectivity index (χ0n) is 13.8. The van der Waals surface area contributed by atoms with Crippen LogP contribution in [0.2, 0.25) is 0 Å². The molecule has 0 unspecified atom stereocenters. The molecule has 1 heterocycles. The van der Waals surface area contributed by atoms with Crippen molar-refractivity contribution in [2.45, 2.75) is 72.3 Å². The second kappa shape index (κ2) is 5.14. The van der Waals surface area contributed by atoms with Crippen molar-refractivity contribution < 1.29 is 0 Å². The molecule has 2 N–H and O–H groups in total. The zero-order valence-corrected chi connectivity index (χ0v) is 13.8. The molecule has 112 valence electrons. The molecular weight excluding hydrogens is 244 g/mol. The molecule has 2 heteroatoms. The average molecular weight is 274 g/mol. The third-order valence-electron chi connectivity index (χ3n) is 4.45. The summed E-state index contributed by atoms with van der Waals surface area (Å²) in [7, 11) is 0. The van der Waals surface area contributed by atoms with Crippen LogP contribution in [0.1, 0.15) is 65.1 Å². The minimum absolute atomic E-state index is 0.119. The average Bonchev–Trinajstić information content (AvgIpc) is 2.24. The number of nitrogens with zero attached hydrogens (tertiary/aromatic N) is 1. The van der Waals surface area contributed by atoms with Crippen LogP contribution in [-0.4, -0.2) is 10.5 Å². The lowest BCUT2D eigenvalue weighted by Gasteiger charge is -2.50. The van der Waals surface area contributed by atoms with Crippen LogP contribution in [0.5, 0.6) is 0 Å². The van der Waals surface area contributed by atoms with Gasteiger partial charge in [-0.1, -0.05) is 40.7 Å². The van der Waals surface area contributed by atoms with Gasteiger partial charge in [-0.2, -0.15) is 0 Å². The van der Waals surface area contributed by atoms with Gasteiger partial charge >= 0.3 is 0 Å². The highest BCUT2D eigenvalue weighted by molar-refractivity contribution is 5.17. The molecule has 20 heavy (non-hydrogen) atoms. The van der Waals surface area contributed by atoms with Crippen LogP contribution in [0.4, 0.5) is 0 Å². The van der Waals surface area contributed by atoms with Gasteiger partial charge in [0.05, 0.1) is 0 Å². The molecular formula is C18H30N2. The van der Waals surface area contributed by atoms with Gasteiger partial charge in [0, 0.05) is 23.9 Å². The van der Waals surface area contributed by atoms with E-state index < -0.39 is 0 Å². The molecule has 1 aromatic heterocycles. The normalized spacial score (nSPS) is 23.5. The molecule has 1 saturated carbocycles. The molecule has 1 aromatic rings. The molecule has 1 fully saturated rings. The van der Waals surface area contributed by atoms with Crippen LogP contribution in [-0.2, 0) is 12.8 Å². The van der Waals surface area contributed by atoms with E-state index >= 15 is 0 Å². The first kappa shape index (κ1) is 15.5. The number of aryl methyl sites for hydroxylation is 1. The van der Waals surface area contributed by atoms with Gasteiger partial charge in [0.25, 0.3) is 0 Å². The van der Waals surface area contributed by atoms with Crippen LogP contribution in [0, 0.1) is 10.8 Å². The highest BCUT2D eigenvalue weighted by Crippen LogP contribution is 2.49. The van der Waals surface area contributed by atoms with E-state index in [9.17, 15) is 0 Å². The van der Waals surface area contributed by atoms with Crippen molar-refractivity contribution in [3.05, 3.63) is 29.6 Å². The topological polar surface area (TPSA) is 38.9 Å². The third-order valence-corrected chi connectivity index (χ3v) is 4.45. The van der Waals surface area contributed by atoms with Gasteiger partial charge in [-0.3, -0.25) is 4.98 Å². The van der Waals surface area contributed by atoms with Crippen LogP contribution >= 0.6 is 0 Å². The Kier molecular flexibility index (Phi) is 3.98. The number of rotatable bonds is 3. The van der Waals surface area contributed by atoms with Gasteiger partial charge in [0.1, 0.15) is 0 Å². The molecule has 1 aliphatic rings. The van der Waals surface area contributed by atoms with Crippen molar-refractivity contribution in [3.63, 3.8) is 0 Å². The van der Waals surface area contributed by atoms with Gasteiger partial charge in [-0.05, 0) is 48.1 Å². The molecule has 0 spiro atoms. The molecule has 0 aliphatic heterocycles. The molecule has 0 atom stereocenters. The van der Waals surface area contributed by atoms with Gasteiger partial charge in [-0.25, -0.2) is 0 Å². The zero-order chi connectivity index (χ0) is 15.0. The largest absolute Gasteiger partial charge is 0.325 e. The van der Waals surface area contributed by atoms with E-state index in [1.807, 2.05) is 6.20 Å². The van der Waals surface area contributed by atoms with Gasteiger partial charge < -0.3 is 5.73 Å². The lowest BCUT2D eigenvalue weighted by molar-refractivity contribution is 0.0483. The van der Waals surface area contributed by atoms with E-state index in [4.69, 9.17) is 5.73 Å². The number of aromatic nitrogens is 1. The van der Waals surface area contributed by atoms with E-state index in [1.165, 1.54) is 12.0 Å². The maximum atomic E-state index is 6.77. The van der Waals surface area contributed by atoms with Crippen LogP contribution in [0.25, 0.3) is 0 Å². The van der Waals surface area contributed by atoms with Crippen molar-refractivity contribution in [2.75, 3.05) is 0 Å². The summed E-state index contributed by atoms with van der Waals surface area (Å²) >= 11 is 0. The molecule has 1 aliphatic carbocycles. The number of hydrogen-bond acceptors (Lipinski definition) is 2. The van der Waals surface area contributed by atoms with Crippen LogP contribution in [0.15, 0.2) is 18.3 Å². The Morgan fingerprint density at radius 1 is 1.05 bits per heavy atom. The summed E-state index contributed by atoms with van der Waals surface area (Å²) in [5.41, 5.74) is 9.73. The molecule has 0 bridgehead atoms. The highest BCUT2D eigenvalue weighted by Gasteiger charge is 2.45. The van der Waals surface area contributed by atoms with Gasteiger partial charge in [0.2, 0.25) is 0 Å². The molecule has 0 amide bonds. The van der Waals surface area contributed by atoms with Crippen molar-refractivity contribution >= 4 is 0 Å². The van der Waals surface area contributed by atoms with E-state index in [-0.39, 0.29) is 5.54 Å². The first-order valence-electron chi connectivity index (χ1n) is 7.86. The van der Waals surface area contributed by atoms with E-state index in [2.05, 4.69) is 51.7 Å². The second-order valence-corrected chi connectivity index (χ2v) is 8.41.